The standard InChI is InChI=1S/C11H17NOS/c1-2-10(1)9-14-6-4-12-7-11-3-5-13-8-11/h3,5,8,10,12H,1-2,4,6-7,9H2. The van der Waals surface area contributed by atoms with Crippen molar-refractivity contribution in [1.29, 1.82) is 0 Å². The first kappa shape index (κ1) is 10.1. The van der Waals surface area contributed by atoms with Crippen molar-refractivity contribution < 1.29 is 4.42 Å². The third-order valence-corrected chi connectivity index (χ3v) is 3.58. The van der Waals surface area contributed by atoms with E-state index < -0.39 is 0 Å². The fourth-order valence-corrected chi connectivity index (χ4v) is 2.43. The Morgan fingerprint density at radius 1 is 1.50 bits per heavy atom. The lowest BCUT2D eigenvalue weighted by Gasteiger charge is -2.02. The first-order chi connectivity index (χ1) is 6.95. The molecule has 0 bridgehead atoms. The van der Waals surface area contributed by atoms with Gasteiger partial charge in [0.1, 0.15) is 0 Å². The Morgan fingerprint density at radius 2 is 2.43 bits per heavy atom. The number of nitrogens with one attached hydrogen (secondary N) is 1. The average molecular weight is 211 g/mol. The quantitative estimate of drug-likeness (QED) is 0.702. The van der Waals surface area contributed by atoms with Gasteiger partial charge >= 0.3 is 0 Å². The van der Waals surface area contributed by atoms with Crippen molar-refractivity contribution in [2.24, 2.45) is 5.92 Å². The van der Waals surface area contributed by atoms with Crippen LogP contribution in [0.4, 0.5) is 0 Å². The van der Waals surface area contributed by atoms with Crippen molar-refractivity contribution in [3.63, 3.8) is 0 Å². The lowest BCUT2D eigenvalue weighted by atomic mass is 10.3. The maximum atomic E-state index is 4.99. The Labute approximate surface area is 89.4 Å². The fraction of sp³-hybridized carbons (Fsp3) is 0.636. The molecule has 0 atom stereocenters. The van der Waals surface area contributed by atoms with Gasteiger partial charge in [-0.05, 0) is 30.6 Å². The maximum absolute atomic E-state index is 4.99. The van der Waals surface area contributed by atoms with Crippen LogP contribution in [0.2, 0.25) is 0 Å². The summed E-state index contributed by atoms with van der Waals surface area (Å²) in [5, 5.41) is 3.40. The summed E-state index contributed by atoms with van der Waals surface area (Å²) in [5.41, 5.74) is 1.23. The minimum absolute atomic E-state index is 0.931. The zero-order chi connectivity index (χ0) is 9.64. The second-order valence-corrected chi connectivity index (χ2v) is 4.98. The summed E-state index contributed by atoms with van der Waals surface area (Å²) < 4.78 is 4.99. The van der Waals surface area contributed by atoms with Gasteiger partial charge in [0.15, 0.2) is 0 Å². The van der Waals surface area contributed by atoms with Crippen molar-refractivity contribution in [2.75, 3.05) is 18.1 Å². The van der Waals surface area contributed by atoms with Gasteiger partial charge in [-0.2, -0.15) is 11.8 Å². The lowest BCUT2D eigenvalue weighted by molar-refractivity contribution is 0.561. The van der Waals surface area contributed by atoms with E-state index in [1.807, 2.05) is 6.07 Å². The van der Waals surface area contributed by atoms with Crippen molar-refractivity contribution in [2.45, 2.75) is 19.4 Å². The van der Waals surface area contributed by atoms with Crippen molar-refractivity contribution in [3.05, 3.63) is 24.2 Å². The largest absolute Gasteiger partial charge is 0.472 e. The molecular weight excluding hydrogens is 194 g/mol. The second-order valence-electron chi connectivity index (χ2n) is 3.83. The molecule has 0 aromatic carbocycles. The molecule has 0 unspecified atom stereocenters. The van der Waals surface area contributed by atoms with E-state index in [0.717, 1.165) is 19.0 Å². The van der Waals surface area contributed by atoms with Crippen LogP contribution in [-0.4, -0.2) is 18.1 Å². The van der Waals surface area contributed by atoms with Crippen LogP contribution < -0.4 is 5.32 Å². The van der Waals surface area contributed by atoms with E-state index >= 15 is 0 Å². The predicted octanol–water partition coefficient (Wildman–Crippen LogP) is 2.51. The SMILES string of the molecule is c1cc(CNCCSCC2CC2)co1. The van der Waals surface area contributed by atoms with E-state index in [4.69, 9.17) is 4.42 Å². The van der Waals surface area contributed by atoms with Gasteiger partial charge in [-0.15, -0.1) is 0 Å². The van der Waals surface area contributed by atoms with Crippen molar-refractivity contribution >= 4 is 11.8 Å². The van der Waals surface area contributed by atoms with Gasteiger partial charge in [-0.25, -0.2) is 0 Å². The van der Waals surface area contributed by atoms with Crippen molar-refractivity contribution in [1.82, 2.24) is 5.32 Å². The number of hydrogen-bond donors (Lipinski definition) is 1. The van der Waals surface area contributed by atoms with Gasteiger partial charge in [0.25, 0.3) is 0 Å². The molecule has 1 aliphatic rings. The van der Waals surface area contributed by atoms with Gasteiger partial charge < -0.3 is 9.73 Å². The molecule has 0 spiro atoms. The normalized spacial score (nSPS) is 16.0. The van der Waals surface area contributed by atoms with Crippen LogP contribution in [0.3, 0.4) is 0 Å². The molecule has 0 amide bonds. The molecule has 1 saturated carbocycles. The van der Waals surface area contributed by atoms with E-state index in [-0.39, 0.29) is 0 Å². The molecule has 3 heteroatoms. The number of furan rings is 1. The molecule has 0 saturated heterocycles. The van der Waals surface area contributed by atoms with Crippen LogP contribution in [0.5, 0.6) is 0 Å². The highest BCUT2D eigenvalue weighted by Gasteiger charge is 2.20. The zero-order valence-electron chi connectivity index (χ0n) is 8.37. The molecular formula is C11H17NOS. The van der Waals surface area contributed by atoms with Crippen LogP contribution >= 0.6 is 11.8 Å². The summed E-state index contributed by atoms with van der Waals surface area (Å²) in [6.45, 7) is 2.03. The Bertz CT molecular complexity index is 244. The molecule has 0 aliphatic heterocycles. The van der Waals surface area contributed by atoms with Gasteiger partial charge in [-0.3, -0.25) is 0 Å². The van der Waals surface area contributed by atoms with E-state index in [1.165, 1.54) is 29.9 Å². The third kappa shape index (κ3) is 3.76. The Morgan fingerprint density at radius 3 is 3.14 bits per heavy atom. The molecule has 1 aliphatic carbocycles. The zero-order valence-corrected chi connectivity index (χ0v) is 9.19. The predicted molar refractivity (Wildman–Crippen MR) is 60.5 cm³/mol. The minimum Gasteiger partial charge on any atom is -0.472 e. The molecule has 1 aromatic heterocycles. The summed E-state index contributed by atoms with van der Waals surface area (Å²) in [6, 6.07) is 2.00. The Hall–Kier alpha value is -0.410. The molecule has 2 rings (SSSR count). The van der Waals surface area contributed by atoms with Gasteiger partial charge in [0.2, 0.25) is 0 Å². The first-order valence-electron chi connectivity index (χ1n) is 5.24. The molecule has 2 nitrogen and oxygen atoms in total. The van der Waals surface area contributed by atoms with E-state index in [2.05, 4.69) is 17.1 Å². The van der Waals surface area contributed by atoms with Gasteiger partial charge in [0, 0.05) is 24.4 Å². The smallest absolute Gasteiger partial charge is 0.0947 e. The summed E-state index contributed by atoms with van der Waals surface area (Å²) in [5.74, 6) is 3.65. The highest BCUT2D eigenvalue weighted by Crippen LogP contribution is 2.32. The number of thioether (sulfide) groups is 1. The molecule has 1 heterocycles. The molecule has 14 heavy (non-hydrogen) atoms. The first-order valence-corrected chi connectivity index (χ1v) is 6.40. The lowest BCUT2D eigenvalue weighted by Crippen LogP contribution is -2.16. The summed E-state index contributed by atoms with van der Waals surface area (Å²) in [4.78, 5) is 0. The average Bonchev–Trinajstić information content (AvgIpc) is 2.87. The molecule has 1 fully saturated rings. The highest BCUT2D eigenvalue weighted by atomic mass is 32.2. The maximum Gasteiger partial charge on any atom is 0.0947 e. The van der Waals surface area contributed by atoms with Crippen LogP contribution in [0, 0.1) is 5.92 Å². The molecule has 1 N–H and O–H groups in total. The topological polar surface area (TPSA) is 25.2 Å². The molecule has 0 radical (unpaired) electrons. The van der Waals surface area contributed by atoms with Gasteiger partial charge in [0.05, 0.1) is 12.5 Å². The van der Waals surface area contributed by atoms with Crippen LogP contribution in [-0.2, 0) is 6.54 Å². The number of hydrogen-bond acceptors (Lipinski definition) is 3. The third-order valence-electron chi connectivity index (χ3n) is 2.38. The Balaban J connectivity index is 1.43. The molecule has 1 aromatic rings. The summed E-state index contributed by atoms with van der Waals surface area (Å²) in [6.07, 6.45) is 6.45. The van der Waals surface area contributed by atoms with Gasteiger partial charge in [-0.1, -0.05) is 0 Å². The van der Waals surface area contributed by atoms with Crippen molar-refractivity contribution in [3.8, 4) is 0 Å². The minimum atomic E-state index is 0.931. The van der Waals surface area contributed by atoms with E-state index in [0.29, 0.717) is 0 Å². The Kier molecular flexibility index (Phi) is 3.95. The summed E-state index contributed by atoms with van der Waals surface area (Å²) in [7, 11) is 0. The molecule has 78 valence electrons. The second kappa shape index (κ2) is 5.47. The van der Waals surface area contributed by atoms with Crippen LogP contribution in [0.15, 0.2) is 23.0 Å². The van der Waals surface area contributed by atoms with Crippen LogP contribution in [0.25, 0.3) is 0 Å². The number of rotatable bonds is 7. The van der Waals surface area contributed by atoms with E-state index in [1.54, 1.807) is 12.5 Å². The fourth-order valence-electron chi connectivity index (χ4n) is 1.30. The van der Waals surface area contributed by atoms with E-state index in [9.17, 15) is 0 Å². The summed E-state index contributed by atoms with van der Waals surface area (Å²) >= 11 is 2.08. The highest BCUT2D eigenvalue weighted by molar-refractivity contribution is 7.99. The van der Waals surface area contributed by atoms with Crippen LogP contribution in [0.1, 0.15) is 18.4 Å². The monoisotopic (exact) mass is 211 g/mol.